The number of rotatable bonds is 5. The number of amides is 1. The van der Waals surface area contributed by atoms with Crippen molar-refractivity contribution >= 4 is 35.0 Å². The normalized spacial score (nSPS) is 15.9. The Morgan fingerprint density at radius 2 is 2.26 bits per heavy atom. The quantitative estimate of drug-likeness (QED) is 0.670. The van der Waals surface area contributed by atoms with Crippen LogP contribution in [0, 0.1) is 10.1 Å². The molecule has 1 aliphatic rings. The van der Waals surface area contributed by atoms with Crippen LogP contribution in [0.4, 0.5) is 5.69 Å². The lowest BCUT2D eigenvalue weighted by Crippen LogP contribution is -2.31. The Balaban J connectivity index is 2.07. The summed E-state index contributed by atoms with van der Waals surface area (Å²) in [5.74, 6) is -0.305. The zero-order valence-electron chi connectivity index (χ0n) is 10.3. The van der Waals surface area contributed by atoms with Crippen LogP contribution < -0.4 is 5.32 Å². The first-order chi connectivity index (χ1) is 8.97. The highest BCUT2D eigenvalue weighted by Crippen LogP contribution is 2.46. The fourth-order valence-electron chi connectivity index (χ4n) is 1.73. The molecule has 0 radical (unpaired) electrons. The minimum Gasteiger partial charge on any atom is -0.351 e. The van der Waals surface area contributed by atoms with Crippen molar-refractivity contribution in [1.82, 2.24) is 5.32 Å². The molecule has 1 aromatic rings. The minimum atomic E-state index is -0.594. The summed E-state index contributed by atoms with van der Waals surface area (Å²) in [5, 5.41) is 13.6. The maximum atomic E-state index is 11.9. The first-order valence-electron chi connectivity index (χ1n) is 5.75. The Kier molecular flexibility index (Phi) is 4.01. The van der Waals surface area contributed by atoms with Gasteiger partial charge in [-0.2, -0.15) is 11.8 Å². The second-order valence-electron chi connectivity index (χ2n) is 4.49. The molecular weight excluding hydrogens is 288 g/mol. The van der Waals surface area contributed by atoms with E-state index in [9.17, 15) is 14.9 Å². The van der Waals surface area contributed by atoms with Gasteiger partial charge < -0.3 is 5.32 Å². The highest BCUT2D eigenvalue weighted by molar-refractivity contribution is 8.00. The third kappa shape index (κ3) is 3.19. The summed E-state index contributed by atoms with van der Waals surface area (Å²) in [6.07, 6.45) is 4.21. The average molecular weight is 301 g/mol. The lowest BCUT2D eigenvalue weighted by atomic mass is 10.2. The van der Waals surface area contributed by atoms with Gasteiger partial charge >= 0.3 is 0 Å². The summed E-state index contributed by atoms with van der Waals surface area (Å²) >= 11 is 7.44. The van der Waals surface area contributed by atoms with Gasteiger partial charge in [-0.05, 0) is 31.2 Å². The fraction of sp³-hybridized carbons (Fsp3) is 0.417. The summed E-state index contributed by atoms with van der Waals surface area (Å²) in [4.78, 5) is 22.1. The van der Waals surface area contributed by atoms with Crippen molar-refractivity contribution in [3.63, 3.8) is 0 Å². The molecule has 0 heterocycles. The van der Waals surface area contributed by atoms with Gasteiger partial charge in [0.05, 0.1) is 4.92 Å². The standard InChI is InChI=1S/C12H13ClN2O3S/c1-19-12(4-5-12)7-14-11(16)8-2-3-9(13)10(6-8)15(17)18/h2-3,6H,4-5,7H2,1H3,(H,14,16). The minimum absolute atomic E-state index is 0.0318. The lowest BCUT2D eigenvalue weighted by Gasteiger charge is -2.13. The van der Waals surface area contributed by atoms with Crippen molar-refractivity contribution in [1.29, 1.82) is 0 Å². The van der Waals surface area contributed by atoms with Crippen LogP contribution in [-0.2, 0) is 0 Å². The van der Waals surface area contributed by atoms with E-state index in [0.717, 1.165) is 12.8 Å². The molecule has 1 amide bonds. The van der Waals surface area contributed by atoms with E-state index in [1.807, 2.05) is 6.26 Å². The first-order valence-corrected chi connectivity index (χ1v) is 7.35. The Hall–Kier alpha value is -1.27. The Morgan fingerprint density at radius 3 is 2.79 bits per heavy atom. The number of hydrogen-bond acceptors (Lipinski definition) is 4. The molecule has 1 aromatic carbocycles. The molecule has 0 spiro atoms. The van der Waals surface area contributed by atoms with Crippen LogP contribution in [0.5, 0.6) is 0 Å². The topological polar surface area (TPSA) is 72.2 Å². The molecule has 1 aliphatic carbocycles. The molecule has 1 saturated carbocycles. The molecular formula is C12H13ClN2O3S. The highest BCUT2D eigenvalue weighted by Gasteiger charge is 2.41. The second-order valence-corrected chi connectivity index (χ2v) is 6.17. The van der Waals surface area contributed by atoms with Crippen molar-refractivity contribution < 1.29 is 9.72 Å². The van der Waals surface area contributed by atoms with E-state index >= 15 is 0 Å². The monoisotopic (exact) mass is 300 g/mol. The molecule has 0 unspecified atom stereocenters. The number of benzene rings is 1. The van der Waals surface area contributed by atoms with Crippen LogP contribution in [0.3, 0.4) is 0 Å². The number of nitrogens with one attached hydrogen (secondary N) is 1. The highest BCUT2D eigenvalue weighted by atomic mass is 35.5. The Bertz CT molecular complexity index is 532. The van der Waals surface area contributed by atoms with Crippen LogP contribution in [0.25, 0.3) is 0 Å². The maximum Gasteiger partial charge on any atom is 0.288 e. The number of carbonyl (C=O) groups is 1. The van der Waals surface area contributed by atoms with Gasteiger partial charge in [-0.15, -0.1) is 0 Å². The number of halogens is 1. The van der Waals surface area contributed by atoms with Crippen molar-refractivity contribution in [2.75, 3.05) is 12.8 Å². The molecule has 0 bridgehead atoms. The van der Waals surface area contributed by atoms with Gasteiger partial charge in [-0.25, -0.2) is 0 Å². The number of hydrogen-bond donors (Lipinski definition) is 1. The van der Waals surface area contributed by atoms with E-state index in [1.54, 1.807) is 11.8 Å². The summed E-state index contributed by atoms with van der Waals surface area (Å²) in [7, 11) is 0. The van der Waals surface area contributed by atoms with Gasteiger partial charge in [0.25, 0.3) is 11.6 Å². The second kappa shape index (κ2) is 5.38. The summed E-state index contributed by atoms with van der Waals surface area (Å²) in [5.41, 5.74) is 0.00771. The molecule has 1 N–H and O–H groups in total. The third-order valence-corrected chi connectivity index (χ3v) is 4.96. The van der Waals surface area contributed by atoms with Crippen LogP contribution in [0.1, 0.15) is 23.2 Å². The van der Waals surface area contributed by atoms with Gasteiger partial charge in [-0.3, -0.25) is 14.9 Å². The molecule has 0 saturated heterocycles. The zero-order valence-corrected chi connectivity index (χ0v) is 11.9. The predicted octanol–water partition coefficient (Wildman–Crippen LogP) is 2.87. The van der Waals surface area contributed by atoms with E-state index in [2.05, 4.69) is 5.32 Å². The van der Waals surface area contributed by atoms with Crippen molar-refractivity contribution in [3.8, 4) is 0 Å². The molecule has 0 aromatic heterocycles. The molecule has 5 nitrogen and oxygen atoms in total. The van der Waals surface area contributed by atoms with E-state index in [-0.39, 0.29) is 26.9 Å². The molecule has 1 fully saturated rings. The molecule has 102 valence electrons. The lowest BCUT2D eigenvalue weighted by molar-refractivity contribution is -0.384. The van der Waals surface area contributed by atoms with E-state index < -0.39 is 4.92 Å². The molecule has 7 heteroatoms. The van der Waals surface area contributed by atoms with Crippen LogP contribution in [0.2, 0.25) is 5.02 Å². The number of nitro benzene ring substituents is 1. The zero-order chi connectivity index (χ0) is 14.0. The van der Waals surface area contributed by atoms with Crippen molar-refractivity contribution in [2.24, 2.45) is 0 Å². The molecule has 19 heavy (non-hydrogen) atoms. The first kappa shape index (κ1) is 14.1. The van der Waals surface area contributed by atoms with Gasteiger partial charge in [0, 0.05) is 22.9 Å². The van der Waals surface area contributed by atoms with Gasteiger partial charge in [0.15, 0.2) is 0 Å². The number of nitrogens with zero attached hydrogens (tertiary/aromatic N) is 1. The Morgan fingerprint density at radius 1 is 1.58 bits per heavy atom. The predicted molar refractivity (Wildman–Crippen MR) is 75.9 cm³/mol. The van der Waals surface area contributed by atoms with Crippen molar-refractivity contribution in [3.05, 3.63) is 38.9 Å². The van der Waals surface area contributed by atoms with Crippen LogP contribution in [-0.4, -0.2) is 28.4 Å². The molecule has 0 atom stereocenters. The largest absolute Gasteiger partial charge is 0.351 e. The Labute approximate surface area is 119 Å². The maximum absolute atomic E-state index is 11.9. The third-order valence-electron chi connectivity index (χ3n) is 3.22. The van der Waals surface area contributed by atoms with E-state index in [4.69, 9.17) is 11.6 Å². The smallest absolute Gasteiger partial charge is 0.288 e. The number of carbonyl (C=O) groups excluding carboxylic acids is 1. The van der Waals surface area contributed by atoms with Gasteiger partial charge in [0.2, 0.25) is 0 Å². The fourth-order valence-corrected chi connectivity index (χ4v) is 2.64. The summed E-state index contributed by atoms with van der Waals surface area (Å²) in [6, 6.07) is 4.07. The van der Waals surface area contributed by atoms with E-state index in [1.165, 1.54) is 18.2 Å². The SMILES string of the molecule is CSC1(CNC(=O)c2ccc(Cl)c([N+](=O)[O-])c2)CC1. The molecule has 0 aliphatic heterocycles. The number of nitro groups is 1. The molecule has 2 rings (SSSR count). The van der Waals surface area contributed by atoms with Crippen LogP contribution >= 0.6 is 23.4 Å². The van der Waals surface area contributed by atoms with Gasteiger partial charge in [-0.1, -0.05) is 11.6 Å². The summed E-state index contributed by atoms with van der Waals surface area (Å²) < 4.78 is 0.161. The van der Waals surface area contributed by atoms with Crippen LogP contribution in [0.15, 0.2) is 18.2 Å². The van der Waals surface area contributed by atoms with Crippen molar-refractivity contribution in [2.45, 2.75) is 17.6 Å². The average Bonchev–Trinajstić information content (AvgIpc) is 3.17. The van der Waals surface area contributed by atoms with E-state index in [0.29, 0.717) is 6.54 Å². The summed E-state index contributed by atoms with van der Waals surface area (Å²) in [6.45, 7) is 0.587. The number of thioether (sulfide) groups is 1. The van der Waals surface area contributed by atoms with Gasteiger partial charge in [0.1, 0.15) is 5.02 Å².